The van der Waals surface area contributed by atoms with Gasteiger partial charge in [-0.15, -0.1) is 0 Å². The Labute approximate surface area is 208 Å². The Morgan fingerprint density at radius 2 is 1.81 bits per heavy atom. The van der Waals surface area contributed by atoms with Crippen LogP contribution in [0.4, 0.5) is 0 Å². The molecular weight excluding hydrogens is 487 g/mol. The molecule has 1 aliphatic heterocycles. The molecule has 4 N–H and O–H groups in total. The maximum atomic E-state index is 11.2. The number of phosphoric acid groups is 1. The maximum absolute atomic E-state index is 11.2. The molecule has 3 aromatic rings. The fraction of sp³-hybridized carbons (Fsp3) is 0.320. The molecule has 0 bridgehead atoms. The van der Waals surface area contributed by atoms with Gasteiger partial charge in [0.1, 0.15) is 35.9 Å². The summed E-state index contributed by atoms with van der Waals surface area (Å²) in [6, 6.07) is 14.2. The van der Waals surface area contributed by atoms with Gasteiger partial charge in [0.05, 0.1) is 19.8 Å². The van der Waals surface area contributed by atoms with Crippen LogP contribution < -0.4 is 4.74 Å². The van der Waals surface area contributed by atoms with Crippen LogP contribution in [0.5, 0.6) is 5.75 Å². The van der Waals surface area contributed by atoms with Gasteiger partial charge in [-0.25, -0.2) is 9.55 Å². The first-order valence-electron chi connectivity index (χ1n) is 11.2. The standard InChI is InChI=1S/C25H27N2O8P/c1-17(28)25-26-12-13-27(25)21(14-34-36(30,31)32)9-4-18-2-5-19(6-3-18)20-7-10-22(11-8-20)35-24-16-33-15-23(24)29/h2-3,5-8,10-13,17,21,23-24,28-29H,14-16H2,1H3,(H2,30,31,32)/t17-,21-,23-,24-/m0/s1. The van der Waals surface area contributed by atoms with Crippen LogP contribution in [0.2, 0.25) is 0 Å². The van der Waals surface area contributed by atoms with Crippen LogP contribution >= 0.6 is 7.82 Å². The Bertz CT molecular complexity index is 1260. The molecular formula is C25H27N2O8P. The minimum absolute atomic E-state index is 0.277. The molecule has 1 aromatic heterocycles. The van der Waals surface area contributed by atoms with Gasteiger partial charge >= 0.3 is 7.82 Å². The van der Waals surface area contributed by atoms with Crippen molar-refractivity contribution in [1.29, 1.82) is 0 Å². The minimum atomic E-state index is -4.70. The van der Waals surface area contributed by atoms with Crippen molar-refractivity contribution in [3.63, 3.8) is 0 Å². The van der Waals surface area contributed by atoms with Crippen molar-refractivity contribution in [2.75, 3.05) is 19.8 Å². The highest BCUT2D eigenvalue weighted by atomic mass is 31.2. The third kappa shape index (κ3) is 6.81. The number of nitrogens with zero attached hydrogens (tertiary/aromatic N) is 2. The molecule has 4 atom stereocenters. The van der Waals surface area contributed by atoms with E-state index in [1.165, 1.54) is 17.7 Å². The second-order valence-corrected chi connectivity index (χ2v) is 9.54. The molecule has 4 rings (SSSR count). The second kappa shape index (κ2) is 11.4. The summed E-state index contributed by atoms with van der Waals surface area (Å²) in [5, 5.41) is 19.8. The second-order valence-electron chi connectivity index (χ2n) is 8.30. The molecule has 11 heteroatoms. The summed E-state index contributed by atoms with van der Waals surface area (Å²) in [6.07, 6.45) is 1.15. The van der Waals surface area contributed by atoms with Crippen LogP contribution in [0.25, 0.3) is 11.1 Å². The lowest BCUT2D eigenvalue weighted by atomic mass is 10.0. The summed E-state index contributed by atoms with van der Waals surface area (Å²) in [5.74, 6) is 6.91. The number of phosphoric ester groups is 1. The van der Waals surface area contributed by atoms with Gasteiger partial charge in [0.25, 0.3) is 0 Å². The largest absolute Gasteiger partial charge is 0.485 e. The fourth-order valence-electron chi connectivity index (χ4n) is 3.72. The zero-order valence-corrected chi connectivity index (χ0v) is 20.4. The minimum Gasteiger partial charge on any atom is -0.485 e. The van der Waals surface area contributed by atoms with E-state index in [1.807, 2.05) is 48.5 Å². The van der Waals surface area contributed by atoms with Crippen LogP contribution in [0.3, 0.4) is 0 Å². The van der Waals surface area contributed by atoms with E-state index in [9.17, 15) is 14.8 Å². The summed E-state index contributed by atoms with van der Waals surface area (Å²) in [4.78, 5) is 22.3. The lowest BCUT2D eigenvalue weighted by molar-refractivity contribution is 0.0733. The lowest BCUT2D eigenvalue weighted by Gasteiger charge is -2.17. The van der Waals surface area contributed by atoms with E-state index in [0.717, 1.165) is 11.1 Å². The molecule has 190 valence electrons. The summed E-state index contributed by atoms with van der Waals surface area (Å²) < 4.78 is 28.4. The van der Waals surface area contributed by atoms with Crippen LogP contribution in [0, 0.1) is 11.8 Å². The van der Waals surface area contributed by atoms with Gasteiger partial charge in [-0.1, -0.05) is 36.1 Å². The third-order valence-electron chi connectivity index (χ3n) is 5.55. The predicted molar refractivity (Wildman–Crippen MR) is 130 cm³/mol. The van der Waals surface area contributed by atoms with Crippen LogP contribution in [0.15, 0.2) is 60.9 Å². The molecule has 0 aliphatic carbocycles. The van der Waals surface area contributed by atoms with Gasteiger partial charge in [-0.3, -0.25) is 4.52 Å². The zero-order chi connectivity index (χ0) is 25.7. The van der Waals surface area contributed by atoms with Crippen molar-refractivity contribution < 1.29 is 38.6 Å². The first kappa shape index (κ1) is 26.1. The first-order chi connectivity index (χ1) is 17.2. The molecule has 2 aromatic carbocycles. The summed E-state index contributed by atoms with van der Waals surface area (Å²) in [5.41, 5.74) is 2.62. The number of aromatic nitrogens is 2. The van der Waals surface area contributed by atoms with E-state index in [0.29, 0.717) is 23.7 Å². The van der Waals surface area contributed by atoms with Gasteiger partial charge in [0.2, 0.25) is 0 Å². The Kier molecular flexibility index (Phi) is 8.24. The molecule has 1 aliphatic rings. The lowest BCUT2D eigenvalue weighted by Crippen LogP contribution is -2.29. The van der Waals surface area contributed by atoms with E-state index < -0.39 is 26.1 Å². The van der Waals surface area contributed by atoms with E-state index >= 15 is 0 Å². The summed E-state index contributed by atoms with van der Waals surface area (Å²) >= 11 is 0. The van der Waals surface area contributed by atoms with Crippen molar-refractivity contribution in [3.8, 4) is 28.7 Å². The SMILES string of the molecule is C[C@H](O)c1nccn1[C@@H](C#Cc1ccc(-c2ccc(O[C@H]3COC[C@@H]3O)cc2)cc1)COP(=O)(O)O. The molecule has 10 nitrogen and oxygen atoms in total. The number of hydrogen-bond acceptors (Lipinski definition) is 7. The highest BCUT2D eigenvalue weighted by Gasteiger charge is 2.28. The molecule has 36 heavy (non-hydrogen) atoms. The van der Waals surface area contributed by atoms with Crippen molar-refractivity contribution in [3.05, 3.63) is 72.3 Å². The van der Waals surface area contributed by atoms with E-state index in [1.54, 1.807) is 6.20 Å². The molecule has 0 amide bonds. The number of aliphatic hydroxyl groups excluding tert-OH is 2. The van der Waals surface area contributed by atoms with Crippen molar-refractivity contribution >= 4 is 7.82 Å². The number of aliphatic hydroxyl groups is 2. The highest BCUT2D eigenvalue weighted by molar-refractivity contribution is 7.46. The zero-order valence-electron chi connectivity index (χ0n) is 19.5. The number of imidazole rings is 1. The van der Waals surface area contributed by atoms with E-state index in [4.69, 9.17) is 19.3 Å². The Hall–Kier alpha value is -3.00. The normalized spacial score (nSPS) is 19.4. The van der Waals surface area contributed by atoms with Gasteiger partial charge in [-0.2, -0.15) is 0 Å². The maximum Gasteiger partial charge on any atom is 0.469 e. The Morgan fingerprint density at radius 3 is 2.39 bits per heavy atom. The Balaban J connectivity index is 1.47. The Morgan fingerprint density at radius 1 is 1.14 bits per heavy atom. The topological polar surface area (TPSA) is 144 Å². The average molecular weight is 514 g/mol. The molecule has 0 saturated carbocycles. The molecule has 1 fully saturated rings. The number of hydrogen-bond donors (Lipinski definition) is 4. The van der Waals surface area contributed by atoms with Gasteiger partial charge in [0, 0.05) is 18.0 Å². The molecule has 2 heterocycles. The van der Waals surface area contributed by atoms with Gasteiger partial charge in [-0.05, 0) is 42.3 Å². The highest BCUT2D eigenvalue weighted by Crippen LogP contribution is 2.37. The van der Waals surface area contributed by atoms with Crippen molar-refractivity contribution in [2.24, 2.45) is 0 Å². The number of ether oxygens (including phenoxy) is 2. The van der Waals surface area contributed by atoms with Crippen LogP contribution in [-0.4, -0.2) is 61.6 Å². The summed E-state index contributed by atoms with van der Waals surface area (Å²) in [7, 11) is -4.70. The van der Waals surface area contributed by atoms with Crippen LogP contribution in [0.1, 0.15) is 30.5 Å². The van der Waals surface area contributed by atoms with Crippen molar-refractivity contribution in [2.45, 2.75) is 31.3 Å². The van der Waals surface area contributed by atoms with Gasteiger partial charge < -0.3 is 34.0 Å². The van der Waals surface area contributed by atoms with Crippen LogP contribution in [-0.2, 0) is 13.8 Å². The molecule has 0 spiro atoms. The molecule has 0 radical (unpaired) electrons. The first-order valence-corrected chi connectivity index (χ1v) is 12.8. The third-order valence-corrected chi connectivity index (χ3v) is 6.04. The molecule has 0 unspecified atom stereocenters. The number of benzene rings is 2. The van der Waals surface area contributed by atoms with Crippen molar-refractivity contribution in [1.82, 2.24) is 9.55 Å². The van der Waals surface area contributed by atoms with E-state index in [-0.39, 0.29) is 19.3 Å². The quantitative estimate of drug-likeness (QED) is 0.263. The fourth-order valence-corrected chi connectivity index (χ4v) is 4.06. The molecule has 1 saturated heterocycles. The van der Waals surface area contributed by atoms with Gasteiger partial charge in [0.15, 0.2) is 0 Å². The average Bonchev–Trinajstić information content (AvgIpc) is 3.49. The van der Waals surface area contributed by atoms with E-state index in [2.05, 4.69) is 21.3 Å². The smallest absolute Gasteiger partial charge is 0.469 e. The number of rotatable bonds is 8. The monoisotopic (exact) mass is 514 g/mol. The predicted octanol–water partition coefficient (Wildman–Crippen LogP) is 2.44. The summed E-state index contributed by atoms with van der Waals surface area (Å²) in [6.45, 7) is 1.79.